The van der Waals surface area contributed by atoms with Gasteiger partial charge in [-0.2, -0.15) is 0 Å². The molecule has 1 aromatic carbocycles. The van der Waals surface area contributed by atoms with Crippen LogP contribution in [0.1, 0.15) is 11.4 Å². The summed E-state index contributed by atoms with van der Waals surface area (Å²) in [7, 11) is 1.66. The van der Waals surface area contributed by atoms with E-state index in [4.69, 9.17) is 16.3 Å². The lowest BCUT2D eigenvalue weighted by Crippen LogP contribution is -1.97. The van der Waals surface area contributed by atoms with E-state index in [2.05, 4.69) is 9.97 Å². The zero-order valence-corrected chi connectivity index (χ0v) is 11.8. The van der Waals surface area contributed by atoms with Crippen molar-refractivity contribution in [2.24, 2.45) is 0 Å². The molecule has 0 radical (unpaired) electrons. The van der Waals surface area contributed by atoms with Crippen molar-refractivity contribution in [3.05, 3.63) is 52.3 Å². The normalized spacial score (nSPS) is 10.8. The average molecular weight is 291 g/mol. The van der Waals surface area contributed by atoms with Crippen molar-refractivity contribution in [2.45, 2.75) is 6.42 Å². The second kappa shape index (κ2) is 5.15. The van der Waals surface area contributed by atoms with E-state index in [0.29, 0.717) is 11.6 Å². The van der Waals surface area contributed by atoms with Crippen LogP contribution < -0.4 is 4.74 Å². The Morgan fingerprint density at radius 3 is 3.00 bits per heavy atom. The number of fused-ring (bicyclic) bond motifs is 1. The second-order valence-electron chi connectivity index (χ2n) is 4.10. The molecule has 3 aromatic rings. The summed E-state index contributed by atoms with van der Waals surface area (Å²) in [4.78, 5) is 9.80. The molecule has 0 bridgehead atoms. The monoisotopic (exact) mass is 290 g/mol. The van der Waals surface area contributed by atoms with E-state index in [0.717, 1.165) is 27.4 Å². The van der Waals surface area contributed by atoms with Crippen molar-refractivity contribution in [2.75, 3.05) is 7.11 Å². The summed E-state index contributed by atoms with van der Waals surface area (Å²) >= 11 is 7.73. The highest BCUT2D eigenvalue weighted by Gasteiger charge is 2.08. The molecule has 0 aliphatic carbocycles. The molecule has 0 N–H and O–H groups in total. The van der Waals surface area contributed by atoms with Crippen molar-refractivity contribution in [3.8, 4) is 5.75 Å². The van der Waals surface area contributed by atoms with Gasteiger partial charge < -0.3 is 4.74 Å². The zero-order valence-electron chi connectivity index (χ0n) is 10.3. The van der Waals surface area contributed by atoms with Crippen molar-refractivity contribution < 1.29 is 4.74 Å². The predicted molar refractivity (Wildman–Crippen MR) is 78.2 cm³/mol. The van der Waals surface area contributed by atoms with Crippen LogP contribution in [0.4, 0.5) is 0 Å². The van der Waals surface area contributed by atoms with Crippen LogP contribution >= 0.6 is 22.9 Å². The molecular weight excluding hydrogens is 280 g/mol. The van der Waals surface area contributed by atoms with Gasteiger partial charge in [-0.25, -0.2) is 9.97 Å². The molecule has 0 atom stereocenters. The molecule has 0 aliphatic rings. The van der Waals surface area contributed by atoms with Gasteiger partial charge in [-0.15, -0.1) is 11.3 Å². The molecule has 0 aliphatic heterocycles. The maximum Gasteiger partial charge on any atom is 0.141 e. The second-order valence-corrected chi connectivity index (χ2v) is 5.35. The fraction of sp³-hybridized carbons (Fsp3) is 0.143. The third-order valence-corrected chi connectivity index (χ3v) is 3.92. The molecule has 0 saturated carbocycles. The highest BCUT2D eigenvalue weighted by atomic mass is 35.5. The van der Waals surface area contributed by atoms with Gasteiger partial charge in [-0.1, -0.05) is 23.7 Å². The molecule has 0 unspecified atom stereocenters. The molecule has 19 heavy (non-hydrogen) atoms. The largest absolute Gasteiger partial charge is 0.497 e. The van der Waals surface area contributed by atoms with Gasteiger partial charge in [-0.05, 0) is 29.1 Å². The standard InChI is InChI=1S/C14H11ClN2OS/c1-18-10-4-2-3-9(7-10)8-12-16-13(15)11-5-6-19-14(11)17-12/h2-7H,8H2,1H3. The van der Waals surface area contributed by atoms with Gasteiger partial charge in [0.15, 0.2) is 0 Å². The van der Waals surface area contributed by atoms with E-state index < -0.39 is 0 Å². The number of thiophene rings is 1. The van der Waals surface area contributed by atoms with Gasteiger partial charge >= 0.3 is 0 Å². The van der Waals surface area contributed by atoms with E-state index in [1.54, 1.807) is 18.4 Å². The topological polar surface area (TPSA) is 35.0 Å². The molecular formula is C14H11ClN2OS. The third-order valence-electron chi connectivity index (χ3n) is 2.82. The molecule has 3 rings (SSSR count). The summed E-state index contributed by atoms with van der Waals surface area (Å²) in [6, 6.07) is 9.82. The molecule has 3 nitrogen and oxygen atoms in total. The first kappa shape index (κ1) is 12.4. The molecule has 0 amide bonds. The van der Waals surface area contributed by atoms with Gasteiger partial charge in [0.05, 0.1) is 7.11 Å². The molecule has 2 aromatic heterocycles. The lowest BCUT2D eigenvalue weighted by atomic mass is 10.1. The maximum atomic E-state index is 6.16. The first-order valence-electron chi connectivity index (χ1n) is 5.79. The lowest BCUT2D eigenvalue weighted by Gasteiger charge is -2.04. The highest BCUT2D eigenvalue weighted by Crippen LogP contribution is 2.25. The van der Waals surface area contributed by atoms with Crippen LogP contribution in [0.5, 0.6) is 5.75 Å². The number of nitrogens with zero attached hydrogens (tertiary/aromatic N) is 2. The number of hydrogen-bond donors (Lipinski definition) is 0. The van der Waals surface area contributed by atoms with Crippen LogP contribution in [0.2, 0.25) is 5.15 Å². The zero-order chi connectivity index (χ0) is 13.2. The van der Waals surface area contributed by atoms with E-state index in [1.165, 1.54) is 0 Å². The molecule has 0 fully saturated rings. The maximum absolute atomic E-state index is 6.16. The summed E-state index contributed by atoms with van der Waals surface area (Å²) in [5.41, 5.74) is 1.10. The van der Waals surface area contributed by atoms with E-state index >= 15 is 0 Å². The lowest BCUT2D eigenvalue weighted by molar-refractivity contribution is 0.414. The third kappa shape index (κ3) is 2.55. The van der Waals surface area contributed by atoms with Gasteiger partial charge in [0.25, 0.3) is 0 Å². The van der Waals surface area contributed by atoms with Crippen LogP contribution in [0.25, 0.3) is 10.2 Å². The SMILES string of the molecule is COc1cccc(Cc2nc(Cl)c3ccsc3n2)c1. The van der Waals surface area contributed by atoms with E-state index in [9.17, 15) is 0 Å². The van der Waals surface area contributed by atoms with Crippen molar-refractivity contribution in [1.29, 1.82) is 0 Å². The smallest absolute Gasteiger partial charge is 0.141 e. The summed E-state index contributed by atoms with van der Waals surface area (Å²) in [5, 5.41) is 3.41. The van der Waals surface area contributed by atoms with Crippen LogP contribution in [0.15, 0.2) is 35.7 Å². The molecule has 0 saturated heterocycles. The highest BCUT2D eigenvalue weighted by molar-refractivity contribution is 7.16. The van der Waals surface area contributed by atoms with Crippen LogP contribution in [-0.2, 0) is 6.42 Å². The molecule has 5 heteroatoms. The minimum atomic E-state index is 0.518. The number of rotatable bonds is 3. The predicted octanol–water partition coefficient (Wildman–Crippen LogP) is 3.94. The summed E-state index contributed by atoms with van der Waals surface area (Å²) in [6.07, 6.45) is 0.644. The van der Waals surface area contributed by atoms with Gasteiger partial charge in [-0.3, -0.25) is 0 Å². The van der Waals surface area contributed by atoms with Gasteiger partial charge in [0.2, 0.25) is 0 Å². The number of benzene rings is 1. The summed E-state index contributed by atoms with van der Waals surface area (Å²) < 4.78 is 5.21. The van der Waals surface area contributed by atoms with Crippen LogP contribution in [0, 0.1) is 0 Å². The van der Waals surface area contributed by atoms with Gasteiger partial charge in [0.1, 0.15) is 21.6 Å². The molecule has 0 spiro atoms. The number of aromatic nitrogens is 2. The van der Waals surface area contributed by atoms with Gasteiger partial charge in [0, 0.05) is 11.8 Å². The number of halogens is 1. The Kier molecular flexibility index (Phi) is 3.36. The van der Waals surface area contributed by atoms with E-state index in [-0.39, 0.29) is 0 Å². The summed E-state index contributed by atoms with van der Waals surface area (Å²) in [6.45, 7) is 0. The number of methoxy groups -OCH3 is 1. The Morgan fingerprint density at radius 1 is 1.26 bits per heavy atom. The first-order chi connectivity index (χ1) is 9.26. The van der Waals surface area contributed by atoms with Crippen molar-refractivity contribution in [3.63, 3.8) is 0 Å². The number of hydrogen-bond acceptors (Lipinski definition) is 4. The quantitative estimate of drug-likeness (QED) is 0.685. The Hall–Kier alpha value is -1.65. The van der Waals surface area contributed by atoms with Crippen molar-refractivity contribution in [1.82, 2.24) is 9.97 Å². The summed E-state index contributed by atoms with van der Waals surface area (Å²) in [5.74, 6) is 1.56. The number of ether oxygens (including phenoxy) is 1. The minimum Gasteiger partial charge on any atom is -0.497 e. The van der Waals surface area contributed by atoms with Crippen LogP contribution in [0.3, 0.4) is 0 Å². The Balaban J connectivity index is 1.95. The van der Waals surface area contributed by atoms with E-state index in [1.807, 2.05) is 35.7 Å². The Labute approximate surface area is 119 Å². The first-order valence-corrected chi connectivity index (χ1v) is 7.04. The molecule has 96 valence electrons. The van der Waals surface area contributed by atoms with Crippen LogP contribution in [-0.4, -0.2) is 17.1 Å². The fourth-order valence-electron chi connectivity index (χ4n) is 1.90. The Morgan fingerprint density at radius 2 is 2.16 bits per heavy atom. The average Bonchev–Trinajstić information content (AvgIpc) is 2.88. The van der Waals surface area contributed by atoms with Crippen molar-refractivity contribution >= 4 is 33.2 Å². The minimum absolute atomic E-state index is 0.518. The fourth-order valence-corrected chi connectivity index (χ4v) is 2.99. The Bertz CT molecular complexity index is 726. The molecule has 2 heterocycles.